The summed E-state index contributed by atoms with van der Waals surface area (Å²) in [7, 11) is 0. The van der Waals surface area contributed by atoms with E-state index in [0.29, 0.717) is 6.04 Å². The summed E-state index contributed by atoms with van der Waals surface area (Å²) < 4.78 is 0. The number of hydrogen-bond donors (Lipinski definition) is 1. The van der Waals surface area contributed by atoms with E-state index in [1.165, 1.54) is 18.6 Å². The molecular weight excluding hydrogens is 118 g/mol. The van der Waals surface area contributed by atoms with E-state index in [-0.39, 0.29) is 0 Å². The minimum atomic E-state index is 0.514. The van der Waals surface area contributed by atoms with Crippen molar-refractivity contribution in [3.63, 3.8) is 0 Å². The standard InChI is InChI=1S/C6H13NS/c1-2-3-6-5(7)4-8-6/h5-6H,2-4,7H2,1H3. The van der Waals surface area contributed by atoms with Gasteiger partial charge in [0.15, 0.2) is 0 Å². The van der Waals surface area contributed by atoms with Crippen molar-refractivity contribution in [2.75, 3.05) is 5.75 Å². The second-order valence-electron chi connectivity index (χ2n) is 2.32. The topological polar surface area (TPSA) is 26.0 Å². The Hall–Kier alpha value is 0.310. The molecule has 1 aliphatic heterocycles. The van der Waals surface area contributed by atoms with Crippen LogP contribution in [0.2, 0.25) is 0 Å². The molecule has 0 saturated carbocycles. The van der Waals surface area contributed by atoms with Crippen LogP contribution < -0.4 is 5.73 Å². The molecule has 2 unspecified atom stereocenters. The second kappa shape index (κ2) is 2.74. The summed E-state index contributed by atoms with van der Waals surface area (Å²) in [5, 5.41) is 0.792. The van der Waals surface area contributed by atoms with Crippen LogP contribution in [0, 0.1) is 0 Å². The highest BCUT2D eigenvalue weighted by Crippen LogP contribution is 2.30. The third-order valence-electron chi connectivity index (χ3n) is 1.55. The molecule has 2 atom stereocenters. The molecule has 1 saturated heterocycles. The van der Waals surface area contributed by atoms with Crippen molar-refractivity contribution in [3.8, 4) is 0 Å². The van der Waals surface area contributed by atoms with E-state index in [1.54, 1.807) is 0 Å². The molecule has 1 aliphatic rings. The number of rotatable bonds is 2. The van der Waals surface area contributed by atoms with Crippen LogP contribution in [0.1, 0.15) is 19.8 Å². The molecule has 0 bridgehead atoms. The van der Waals surface area contributed by atoms with E-state index in [9.17, 15) is 0 Å². The lowest BCUT2D eigenvalue weighted by Crippen LogP contribution is -2.43. The Bertz CT molecular complexity index is 74.9. The third-order valence-corrected chi connectivity index (χ3v) is 3.14. The van der Waals surface area contributed by atoms with Gasteiger partial charge in [0.05, 0.1) is 0 Å². The van der Waals surface area contributed by atoms with Crippen molar-refractivity contribution in [1.29, 1.82) is 0 Å². The smallest absolute Gasteiger partial charge is 0.0251 e. The maximum atomic E-state index is 5.69. The van der Waals surface area contributed by atoms with Crippen LogP contribution in [0.3, 0.4) is 0 Å². The zero-order chi connectivity index (χ0) is 5.98. The first-order valence-electron chi connectivity index (χ1n) is 3.21. The van der Waals surface area contributed by atoms with Gasteiger partial charge >= 0.3 is 0 Å². The lowest BCUT2D eigenvalue weighted by molar-refractivity contribution is 0.605. The number of thioether (sulfide) groups is 1. The minimum Gasteiger partial charge on any atom is -0.326 e. The van der Waals surface area contributed by atoms with Crippen LogP contribution in [0.25, 0.3) is 0 Å². The molecule has 1 rings (SSSR count). The highest BCUT2D eigenvalue weighted by molar-refractivity contribution is 8.01. The second-order valence-corrected chi connectivity index (χ2v) is 3.60. The summed E-state index contributed by atoms with van der Waals surface area (Å²) in [6, 6.07) is 0.514. The Morgan fingerprint density at radius 1 is 1.75 bits per heavy atom. The van der Waals surface area contributed by atoms with Gasteiger partial charge in [0, 0.05) is 17.0 Å². The minimum absolute atomic E-state index is 0.514. The lowest BCUT2D eigenvalue weighted by atomic mass is 10.1. The molecule has 1 nitrogen and oxygen atoms in total. The summed E-state index contributed by atoms with van der Waals surface area (Å²) in [5.74, 6) is 1.19. The molecule has 0 aromatic heterocycles. The largest absolute Gasteiger partial charge is 0.326 e. The Morgan fingerprint density at radius 3 is 2.62 bits per heavy atom. The lowest BCUT2D eigenvalue weighted by Gasteiger charge is -2.32. The monoisotopic (exact) mass is 131 g/mol. The van der Waals surface area contributed by atoms with Gasteiger partial charge in [-0.2, -0.15) is 11.8 Å². The summed E-state index contributed by atoms with van der Waals surface area (Å²) in [6.45, 7) is 2.21. The SMILES string of the molecule is CCCC1SCC1N. The van der Waals surface area contributed by atoms with Gasteiger partial charge in [-0.1, -0.05) is 13.3 Å². The first-order chi connectivity index (χ1) is 3.84. The quantitative estimate of drug-likeness (QED) is 0.610. The molecule has 0 radical (unpaired) electrons. The Kier molecular flexibility index (Phi) is 2.20. The fourth-order valence-electron chi connectivity index (χ4n) is 0.925. The third kappa shape index (κ3) is 1.17. The zero-order valence-corrected chi connectivity index (χ0v) is 6.08. The molecule has 1 heterocycles. The normalized spacial score (nSPS) is 36.8. The average molecular weight is 131 g/mol. The predicted molar refractivity (Wildman–Crippen MR) is 39.1 cm³/mol. The maximum absolute atomic E-state index is 5.69. The van der Waals surface area contributed by atoms with Gasteiger partial charge in [0.25, 0.3) is 0 Å². The molecule has 0 spiro atoms. The van der Waals surface area contributed by atoms with Crippen molar-refractivity contribution in [3.05, 3.63) is 0 Å². The van der Waals surface area contributed by atoms with Crippen molar-refractivity contribution in [2.45, 2.75) is 31.1 Å². The van der Waals surface area contributed by atoms with Gasteiger partial charge in [-0.3, -0.25) is 0 Å². The Labute approximate surface area is 55.0 Å². The predicted octanol–water partition coefficient (Wildman–Crippen LogP) is 1.23. The Balaban J connectivity index is 2.08. The van der Waals surface area contributed by atoms with E-state index in [1.807, 2.05) is 11.8 Å². The zero-order valence-electron chi connectivity index (χ0n) is 5.26. The van der Waals surface area contributed by atoms with Crippen LogP contribution >= 0.6 is 11.8 Å². The first kappa shape index (κ1) is 6.43. The van der Waals surface area contributed by atoms with Crippen LogP contribution in [0.4, 0.5) is 0 Å². The van der Waals surface area contributed by atoms with Crippen LogP contribution in [0.15, 0.2) is 0 Å². The molecular formula is C6H13NS. The fraction of sp³-hybridized carbons (Fsp3) is 1.00. The van der Waals surface area contributed by atoms with Gasteiger partial charge in [-0.05, 0) is 6.42 Å². The van der Waals surface area contributed by atoms with Crippen LogP contribution in [0.5, 0.6) is 0 Å². The van der Waals surface area contributed by atoms with Crippen LogP contribution in [-0.2, 0) is 0 Å². The van der Waals surface area contributed by atoms with Crippen molar-refractivity contribution >= 4 is 11.8 Å². The van der Waals surface area contributed by atoms with E-state index < -0.39 is 0 Å². The molecule has 2 heteroatoms. The van der Waals surface area contributed by atoms with Crippen molar-refractivity contribution in [1.82, 2.24) is 0 Å². The summed E-state index contributed by atoms with van der Waals surface area (Å²) >= 11 is 2.01. The highest BCUT2D eigenvalue weighted by Gasteiger charge is 2.26. The molecule has 0 aromatic rings. The first-order valence-corrected chi connectivity index (χ1v) is 4.26. The maximum Gasteiger partial charge on any atom is 0.0251 e. The summed E-state index contributed by atoms with van der Waals surface area (Å²) in [6.07, 6.45) is 2.59. The van der Waals surface area contributed by atoms with Gasteiger partial charge in [0.2, 0.25) is 0 Å². The fourth-order valence-corrected chi connectivity index (χ4v) is 2.01. The Morgan fingerprint density at radius 2 is 2.50 bits per heavy atom. The van der Waals surface area contributed by atoms with Crippen LogP contribution in [-0.4, -0.2) is 17.0 Å². The molecule has 0 aliphatic carbocycles. The van der Waals surface area contributed by atoms with Gasteiger partial charge in [-0.15, -0.1) is 0 Å². The van der Waals surface area contributed by atoms with E-state index >= 15 is 0 Å². The highest BCUT2D eigenvalue weighted by atomic mass is 32.2. The van der Waals surface area contributed by atoms with E-state index in [2.05, 4.69) is 6.92 Å². The number of hydrogen-bond acceptors (Lipinski definition) is 2. The van der Waals surface area contributed by atoms with Crippen molar-refractivity contribution < 1.29 is 0 Å². The average Bonchev–Trinajstić information content (AvgIpc) is 1.79. The van der Waals surface area contributed by atoms with E-state index in [4.69, 9.17) is 5.73 Å². The summed E-state index contributed by atoms with van der Waals surface area (Å²) in [5.41, 5.74) is 5.69. The molecule has 8 heavy (non-hydrogen) atoms. The molecule has 48 valence electrons. The van der Waals surface area contributed by atoms with Gasteiger partial charge < -0.3 is 5.73 Å². The summed E-state index contributed by atoms with van der Waals surface area (Å²) in [4.78, 5) is 0. The molecule has 0 aromatic carbocycles. The molecule has 1 fully saturated rings. The number of nitrogens with two attached hydrogens (primary N) is 1. The van der Waals surface area contributed by atoms with Crippen molar-refractivity contribution in [2.24, 2.45) is 5.73 Å². The molecule has 0 amide bonds. The molecule has 2 N–H and O–H groups in total. The van der Waals surface area contributed by atoms with Gasteiger partial charge in [-0.25, -0.2) is 0 Å². The van der Waals surface area contributed by atoms with E-state index in [0.717, 1.165) is 5.25 Å². The van der Waals surface area contributed by atoms with Gasteiger partial charge in [0.1, 0.15) is 0 Å².